The fraction of sp³-hybridized carbons (Fsp3) is 0.462. The Morgan fingerprint density at radius 3 is 2.78 bits per heavy atom. The van der Waals surface area contributed by atoms with E-state index in [1.165, 1.54) is 0 Å². The number of hydrogen-bond donors (Lipinski definition) is 2. The summed E-state index contributed by atoms with van der Waals surface area (Å²) < 4.78 is 11.0. The van der Waals surface area contributed by atoms with E-state index >= 15 is 0 Å². The fourth-order valence-corrected chi connectivity index (χ4v) is 2.02. The van der Waals surface area contributed by atoms with E-state index in [0.717, 1.165) is 26.1 Å². The second kappa shape index (κ2) is 5.73. The topological polar surface area (TPSA) is 87.6 Å². The predicted molar refractivity (Wildman–Crippen MR) is 68.4 cm³/mol. The molecular weight excluding hydrogens is 232 g/mol. The monoisotopic (exact) mass is 250 g/mol. The number of primary amides is 1. The number of amides is 1. The molecule has 0 bridgehead atoms. The molecule has 2 rings (SSSR count). The van der Waals surface area contributed by atoms with Gasteiger partial charge in [-0.15, -0.1) is 0 Å². The second-order valence-electron chi connectivity index (χ2n) is 4.45. The largest absolute Gasteiger partial charge is 0.490 e. The van der Waals surface area contributed by atoms with E-state index in [0.29, 0.717) is 29.5 Å². The lowest BCUT2D eigenvalue weighted by Crippen LogP contribution is -2.22. The number of nitrogen functional groups attached to an aromatic ring is 1. The van der Waals surface area contributed by atoms with Gasteiger partial charge in [-0.3, -0.25) is 4.79 Å². The summed E-state index contributed by atoms with van der Waals surface area (Å²) in [6, 6.07) is 5.01. The van der Waals surface area contributed by atoms with Gasteiger partial charge < -0.3 is 20.9 Å². The van der Waals surface area contributed by atoms with Gasteiger partial charge in [0.1, 0.15) is 0 Å². The highest BCUT2D eigenvalue weighted by Gasteiger charge is 2.17. The van der Waals surface area contributed by atoms with Gasteiger partial charge in [-0.25, -0.2) is 0 Å². The summed E-state index contributed by atoms with van der Waals surface area (Å²) in [6.45, 7) is 2.07. The second-order valence-corrected chi connectivity index (χ2v) is 4.45. The zero-order valence-electron chi connectivity index (χ0n) is 10.2. The van der Waals surface area contributed by atoms with Crippen LogP contribution in [0.25, 0.3) is 0 Å². The molecule has 0 unspecified atom stereocenters. The van der Waals surface area contributed by atoms with Crippen molar-refractivity contribution in [2.24, 2.45) is 11.7 Å². The Morgan fingerprint density at radius 2 is 2.11 bits per heavy atom. The summed E-state index contributed by atoms with van der Waals surface area (Å²) in [6.07, 6.45) is 1.94. The van der Waals surface area contributed by atoms with Crippen LogP contribution >= 0.6 is 0 Å². The molecule has 0 spiro atoms. The van der Waals surface area contributed by atoms with Crippen LogP contribution in [0.5, 0.6) is 5.75 Å². The van der Waals surface area contributed by atoms with Crippen molar-refractivity contribution in [1.82, 2.24) is 0 Å². The Labute approximate surface area is 106 Å². The number of benzene rings is 1. The third kappa shape index (κ3) is 2.92. The van der Waals surface area contributed by atoms with E-state index in [4.69, 9.17) is 20.9 Å². The van der Waals surface area contributed by atoms with Crippen molar-refractivity contribution in [3.05, 3.63) is 23.8 Å². The molecule has 0 atom stereocenters. The van der Waals surface area contributed by atoms with Gasteiger partial charge in [0.25, 0.3) is 5.91 Å². The van der Waals surface area contributed by atoms with Crippen LogP contribution in [0, 0.1) is 5.92 Å². The van der Waals surface area contributed by atoms with Crippen LogP contribution in [0.15, 0.2) is 18.2 Å². The van der Waals surface area contributed by atoms with Crippen molar-refractivity contribution in [2.75, 3.05) is 25.6 Å². The highest BCUT2D eigenvalue weighted by atomic mass is 16.5. The minimum Gasteiger partial charge on any atom is -0.490 e. The molecule has 1 aromatic carbocycles. The highest BCUT2D eigenvalue weighted by molar-refractivity contribution is 5.97. The van der Waals surface area contributed by atoms with Gasteiger partial charge >= 0.3 is 0 Å². The minimum absolute atomic E-state index is 0.335. The van der Waals surface area contributed by atoms with E-state index in [-0.39, 0.29) is 0 Å². The van der Waals surface area contributed by atoms with Crippen LogP contribution in [0.4, 0.5) is 5.69 Å². The first-order valence-corrected chi connectivity index (χ1v) is 6.07. The molecule has 0 aliphatic carbocycles. The van der Waals surface area contributed by atoms with Gasteiger partial charge in [0.15, 0.2) is 5.75 Å². The molecule has 0 saturated carbocycles. The highest BCUT2D eigenvalue weighted by Crippen LogP contribution is 2.27. The van der Waals surface area contributed by atoms with Crippen molar-refractivity contribution in [3.63, 3.8) is 0 Å². The molecule has 0 aromatic heterocycles. The molecule has 5 nitrogen and oxygen atoms in total. The van der Waals surface area contributed by atoms with Crippen LogP contribution in [0.3, 0.4) is 0 Å². The molecular formula is C13H18N2O3. The maximum Gasteiger partial charge on any atom is 0.252 e. The first kappa shape index (κ1) is 12.7. The Balaban J connectivity index is 2.05. The number of nitrogens with two attached hydrogens (primary N) is 2. The van der Waals surface area contributed by atoms with Gasteiger partial charge in [0.05, 0.1) is 17.9 Å². The quantitative estimate of drug-likeness (QED) is 0.785. The molecule has 18 heavy (non-hydrogen) atoms. The molecule has 1 aromatic rings. The third-order valence-electron chi connectivity index (χ3n) is 3.12. The van der Waals surface area contributed by atoms with Crippen molar-refractivity contribution < 1.29 is 14.3 Å². The fourth-order valence-electron chi connectivity index (χ4n) is 2.02. The lowest BCUT2D eigenvalue weighted by atomic mass is 10.0. The number of ether oxygens (including phenoxy) is 2. The van der Waals surface area contributed by atoms with E-state index in [2.05, 4.69) is 0 Å². The molecule has 1 heterocycles. The van der Waals surface area contributed by atoms with Crippen LogP contribution in [-0.2, 0) is 4.74 Å². The molecule has 1 aliphatic heterocycles. The zero-order chi connectivity index (χ0) is 13.0. The van der Waals surface area contributed by atoms with Gasteiger partial charge in [0, 0.05) is 13.2 Å². The normalized spacial score (nSPS) is 16.4. The lowest BCUT2D eigenvalue weighted by molar-refractivity contribution is 0.0496. The first-order valence-electron chi connectivity index (χ1n) is 6.07. The number of para-hydroxylation sites is 1. The summed E-state index contributed by atoms with van der Waals surface area (Å²) in [7, 11) is 0. The summed E-state index contributed by atoms with van der Waals surface area (Å²) >= 11 is 0. The van der Waals surface area contributed by atoms with Crippen LogP contribution in [0.2, 0.25) is 0 Å². The molecule has 4 N–H and O–H groups in total. The maximum absolute atomic E-state index is 11.3. The molecule has 0 radical (unpaired) electrons. The number of rotatable bonds is 4. The summed E-state index contributed by atoms with van der Waals surface area (Å²) in [5, 5.41) is 0. The molecule has 1 saturated heterocycles. The van der Waals surface area contributed by atoms with Crippen LogP contribution in [-0.4, -0.2) is 25.7 Å². The van der Waals surface area contributed by atoms with Gasteiger partial charge in [-0.05, 0) is 30.9 Å². The number of anilines is 1. The lowest BCUT2D eigenvalue weighted by Gasteiger charge is -2.23. The average Bonchev–Trinajstić information content (AvgIpc) is 2.38. The van der Waals surface area contributed by atoms with Gasteiger partial charge in [-0.1, -0.05) is 6.07 Å². The SMILES string of the molecule is NC(=O)c1cccc(N)c1OCC1CCOCC1. The van der Waals surface area contributed by atoms with Gasteiger partial charge in [-0.2, -0.15) is 0 Å². The van der Waals surface area contributed by atoms with Crippen LogP contribution in [0.1, 0.15) is 23.2 Å². The summed E-state index contributed by atoms with van der Waals surface area (Å²) in [4.78, 5) is 11.3. The van der Waals surface area contributed by atoms with Crippen LogP contribution < -0.4 is 16.2 Å². The van der Waals surface area contributed by atoms with Crippen molar-refractivity contribution in [3.8, 4) is 5.75 Å². The van der Waals surface area contributed by atoms with E-state index < -0.39 is 5.91 Å². The van der Waals surface area contributed by atoms with Crippen molar-refractivity contribution in [1.29, 1.82) is 0 Å². The van der Waals surface area contributed by atoms with E-state index in [1.54, 1.807) is 18.2 Å². The van der Waals surface area contributed by atoms with E-state index in [1.807, 2.05) is 0 Å². The van der Waals surface area contributed by atoms with Crippen molar-refractivity contribution >= 4 is 11.6 Å². The van der Waals surface area contributed by atoms with Crippen molar-refractivity contribution in [2.45, 2.75) is 12.8 Å². The molecule has 98 valence electrons. The number of hydrogen-bond acceptors (Lipinski definition) is 4. The predicted octanol–water partition coefficient (Wildman–Crippen LogP) is 1.17. The molecule has 5 heteroatoms. The van der Waals surface area contributed by atoms with E-state index in [9.17, 15) is 4.79 Å². The summed E-state index contributed by atoms with van der Waals surface area (Å²) in [5.41, 5.74) is 11.9. The minimum atomic E-state index is -0.524. The standard InChI is InChI=1S/C13H18N2O3/c14-11-3-1-2-10(13(15)16)12(11)18-8-9-4-6-17-7-5-9/h1-3,9H,4-8,14H2,(H2,15,16). The Bertz CT molecular complexity index is 428. The Hall–Kier alpha value is -1.75. The molecule has 1 amide bonds. The number of carbonyl (C=O) groups excluding carboxylic acids is 1. The Kier molecular flexibility index (Phi) is 4.04. The number of carbonyl (C=O) groups is 1. The Morgan fingerprint density at radius 1 is 1.39 bits per heavy atom. The molecule has 1 aliphatic rings. The average molecular weight is 250 g/mol. The third-order valence-corrected chi connectivity index (χ3v) is 3.12. The first-order chi connectivity index (χ1) is 8.68. The smallest absolute Gasteiger partial charge is 0.252 e. The zero-order valence-corrected chi connectivity index (χ0v) is 10.2. The summed E-state index contributed by atoms with van der Waals surface area (Å²) in [5.74, 6) is 0.319. The maximum atomic E-state index is 11.3. The molecule has 1 fully saturated rings. The van der Waals surface area contributed by atoms with Gasteiger partial charge in [0.2, 0.25) is 0 Å².